The molecule has 1 aliphatic carbocycles. The largest absolute Gasteiger partial charge is 0.344 e. The van der Waals surface area contributed by atoms with E-state index in [2.05, 4.69) is 26.8 Å². The monoisotopic (exact) mass is 383 g/mol. The summed E-state index contributed by atoms with van der Waals surface area (Å²) in [6.45, 7) is 3.47. The molecule has 0 spiro atoms. The highest BCUT2D eigenvalue weighted by Crippen LogP contribution is 2.41. The number of hydrogen-bond donors (Lipinski definition) is 2. The van der Waals surface area contributed by atoms with Crippen LogP contribution < -0.4 is 10.6 Å². The number of carbonyl (C=O) groups is 2. The van der Waals surface area contributed by atoms with Crippen molar-refractivity contribution in [3.8, 4) is 18.0 Å². The van der Waals surface area contributed by atoms with Crippen LogP contribution in [0.15, 0.2) is 29.4 Å². The lowest BCUT2D eigenvalue weighted by Gasteiger charge is -2.14. The Morgan fingerprint density at radius 2 is 2.19 bits per heavy atom. The second kappa shape index (κ2) is 8.27. The highest BCUT2D eigenvalue weighted by Gasteiger charge is 2.32. The maximum atomic E-state index is 12.2. The standard InChI is InChI=1S/C19H21N5O2S/c1-4-10-20-18(26)12(2)27-19-23-22-17(14-8-9-14)24(19)16-7-5-6-15(11-16)21-13(3)25/h1,5-7,11-12,14H,8-10H2,2-3H3,(H,20,26)(H,21,25). The van der Waals surface area contributed by atoms with Crippen molar-refractivity contribution in [2.45, 2.75) is 43.0 Å². The first-order valence-corrected chi connectivity index (χ1v) is 9.58. The van der Waals surface area contributed by atoms with Gasteiger partial charge in [-0.25, -0.2) is 0 Å². The summed E-state index contributed by atoms with van der Waals surface area (Å²) in [5.41, 5.74) is 1.55. The van der Waals surface area contributed by atoms with Gasteiger partial charge in [0.05, 0.1) is 17.5 Å². The second-order valence-corrected chi connectivity index (χ2v) is 7.67. The molecule has 1 aromatic heterocycles. The number of nitrogens with one attached hydrogen (secondary N) is 2. The molecule has 140 valence electrons. The van der Waals surface area contributed by atoms with Crippen molar-refractivity contribution in [3.05, 3.63) is 30.1 Å². The van der Waals surface area contributed by atoms with E-state index in [1.54, 1.807) is 6.92 Å². The lowest BCUT2D eigenvalue weighted by Crippen LogP contribution is -2.31. The van der Waals surface area contributed by atoms with Crippen molar-refractivity contribution in [1.82, 2.24) is 20.1 Å². The van der Waals surface area contributed by atoms with E-state index in [9.17, 15) is 9.59 Å². The molecule has 3 rings (SSSR count). The summed E-state index contributed by atoms with van der Waals surface area (Å²) < 4.78 is 1.97. The molecular formula is C19H21N5O2S. The van der Waals surface area contributed by atoms with Crippen molar-refractivity contribution < 1.29 is 9.59 Å². The fourth-order valence-corrected chi connectivity index (χ4v) is 3.52. The van der Waals surface area contributed by atoms with Gasteiger partial charge >= 0.3 is 0 Å². The number of anilines is 1. The van der Waals surface area contributed by atoms with Gasteiger partial charge in [0.15, 0.2) is 5.16 Å². The third-order valence-corrected chi connectivity index (χ3v) is 5.08. The van der Waals surface area contributed by atoms with Crippen LogP contribution in [0.1, 0.15) is 38.4 Å². The summed E-state index contributed by atoms with van der Waals surface area (Å²) in [6, 6.07) is 7.51. The summed E-state index contributed by atoms with van der Waals surface area (Å²) in [6.07, 6.45) is 7.35. The number of rotatable bonds is 7. The van der Waals surface area contributed by atoms with E-state index >= 15 is 0 Å². The van der Waals surface area contributed by atoms with E-state index in [4.69, 9.17) is 6.42 Å². The first-order chi connectivity index (χ1) is 13.0. The Labute approximate surface area is 162 Å². The van der Waals surface area contributed by atoms with Gasteiger partial charge in [0.2, 0.25) is 11.8 Å². The van der Waals surface area contributed by atoms with Crippen LogP contribution in [0.5, 0.6) is 0 Å². The average Bonchev–Trinajstić information content (AvgIpc) is 3.40. The zero-order chi connectivity index (χ0) is 19.4. The Kier molecular flexibility index (Phi) is 5.81. The summed E-state index contributed by atoms with van der Waals surface area (Å²) in [5, 5.41) is 14.4. The molecule has 7 nitrogen and oxygen atoms in total. The topological polar surface area (TPSA) is 88.9 Å². The molecule has 8 heteroatoms. The van der Waals surface area contributed by atoms with E-state index in [-0.39, 0.29) is 23.6 Å². The molecule has 27 heavy (non-hydrogen) atoms. The van der Waals surface area contributed by atoms with Crippen molar-refractivity contribution >= 4 is 29.3 Å². The van der Waals surface area contributed by atoms with Gasteiger partial charge in [0, 0.05) is 18.5 Å². The van der Waals surface area contributed by atoms with Crippen LogP contribution >= 0.6 is 11.8 Å². The number of benzene rings is 1. The number of thioether (sulfide) groups is 1. The number of carbonyl (C=O) groups excluding carboxylic acids is 2. The van der Waals surface area contributed by atoms with Crippen molar-refractivity contribution in [2.24, 2.45) is 0 Å². The van der Waals surface area contributed by atoms with Gasteiger partial charge in [0.25, 0.3) is 0 Å². The van der Waals surface area contributed by atoms with Crippen LogP contribution in [0.2, 0.25) is 0 Å². The maximum absolute atomic E-state index is 12.2. The van der Waals surface area contributed by atoms with Crippen molar-refractivity contribution in [3.63, 3.8) is 0 Å². The second-order valence-electron chi connectivity index (χ2n) is 6.36. The summed E-state index contributed by atoms with van der Waals surface area (Å²) in [4.78, 5) is 23.5. The summed E-state index contributed by atoms with van der Waals surface area (Å²) >= 11 is 1.33. The van der Waals surface area contributed by atoms with Gasteiger partial charge in [0.1, 0.15) is 5.82 Å². The molecule has 1 atom stereocenters. The van der Waals surface area contributed by atoms with Crippen LogP contribution in [-0.2, 0) is 9.59 Å². The van der Waals surface area contributed by atoms with E-state index in [1.807, 2.05) is 28.8 Å². The molecule has 0 saturated heterocycles. The first kappa shape index (κ1) is 19.0. The highest BCUT2D eigenvalue weighted by molar-refractivity contribution is 8.00. The predicted octanol–water partition coefficient (Wildman–Crippen LogP) is 2.33. The third-order valence-electron chi connectivity index (χ3n) is 4.04. The maximum Gasteiger partial charge on any atom is 0.234 e. The first-order valence-electron chi connectivity index (χ1n) is 8.70. The number of terminal acetylenes is 1. The van der Waals surface area contributed by atoms with Gasteiger partial charge in [-0.1, -0.05) is 23.7 Å². The number of hydrogen-bond acceptors (Lipinski definition) is 5. The minimum Gasteiger partial charge on any atom is -0.344 e. The molecule has 1 aliphatic rings. The van der Waals surface area contributed by atoms with E-state index in [0.29, 0.717) is 16.8 Å². The van der Waals surface area contributed by atoms with Gasteiger partial charge in [-0.3, -0.25) is 14.2 Å². The molecule has 1 unspecified atom stereocenters. The van der Waals surface area contributed by atoms with Crippen LogP contribution in [0.3, 0.4) is 0 Å². The fraction of sp³-hybridized carbons (Fsp3) is 0.368. The van der Waals surface area contributed by atoms with E-state index in [1.165, 1.54) is 18.7 Å². The predicted molar refractivity (Wildman–Crippen MR) is 105 cm³/mol. The van der Waals surface area contributed by atoms with Crippen LogP contribution in [0.4, 0.5) is 5.69 Å². The molecule has 2 aromatic rings. The van der Waals surface area contributed by atoms with Gasteiger partial charge in [-0.15, -0.1) is 16.6 Å². The highest BCUT2D eigenvalue weighted by atomic mass is 32.2. The number of amides is 2. The van der Waals surface area contributed by atoms with Crippen molar-refractivity contribution in [1.29, 1.82) is 0 Å². The molecule has 2 amide bonds. The van der Waals surface area contributed by atoms with Crippen LogP contribution in [-0.4, -0.2) is 38.4 Å². The van der Waals surface area contributed by atoms with E-state index in [0.717, 1.165) is 24.4 Å². The number of nitrogens with zero attached hydrogens (tertiary/aromatic N) is 3. The normalized spacial score (nSPS) is 14.3. The van der Waals surface area contributed by atoms with Gasteiger partial charge in [-0.2, -0.15) is 0 Å². The minimum atomic E-state index is -0.369. The molecule has 1 saturated carbocycles. The molecular weight excluding hydrogens is 362 g/mol. The van der Waals surface area contributed by atoms with Crippen LogP contribution in [0, 0.1) is 12.3 Å². The molecule has 1 aromatic carbocycles. The lowest BCUT2D eigenvalue weighted by molar-refractivity contribution is -0.120. The molecule has 0 aliphatic heterocycles. The minimum absolute atomic E-state index is 0.133. The third kappa shape index (κ3) is 4.68. The molecule has 0 bridgehead atoms. The number of aromatic nitrogens is 3. The Hall–Kier alpha value is -2.79. The molecule has 1 fully saturated rings. The SMILES string of the molecule is C#CCNC(=O)C(C)Sc1nnc(C2CC2)n1-c1cccc(NC(C)=O)c1. The lowest BCUT2D eigenvalue weighted by atomic mass is 10.2. The Morgan fingerprint density at radius 3 is 2.85 bits per heavy atom. The van der Waals surface area contributed by atoms with Crippen LogP contribution in [0.25, 0.3) is 5.69 Å². The van der Waals surface area contributed by atoms with Gasteiger partial charge in [-0.05, 0) is 38.0 Å². The summed E-state index contributed by atoms with van der Waals surface area (Å²) in [5.74, 6) is 3.38. The fourth-order valence-electron chi connectivity index (χ4n) is 2.63. The zero-order valence-corrected chi connectivity index (χ0v) is 16.0. The smallest absolute Gasteiger partial charge is 0.234 e. The average molecular weight is 383 g/mol. The molecule has 1 heterocycles. The summed E-state index contributed by atoms with van der Waals surface area (Å²) in [7, 11) is 0. The zero-order valence-electron chi connectivity index (χ0n) is 15.2. The Morgan fingerprint density at radius 1 is 1.41 bits per heavy atom. The van der Waals surface area contributed by atoms with Gasteiger partial charge < -0.3 is 10.6 Å². The van der Waals surface area contributed by atoms with E-state index < -0.39 is 0 Å². The molecule has 0 radical (unpaired) electrons. The van der Waals surface area contributed by atoms with Crippen molar-refractivity contribution in [2.75, 3.05) is 11.9 Å². The quantitative estimate of drug-likeness (QED) is 0.566. The Balaban J connectivity index is 1.90. The Bertz CT molecular complexity index is 898. The molecule has 2 N–H and O–H groups in total.